The Morgan fingerprint density at radius 3 is 2.31 bits per heavy atom. The molecule has 1 fully saturated rings. The second-order valence-corrected chi connectivity index (χ2v) is 9.72. The minimum atomic E-state index is -0.982. The van der Waals surface area contributed by atoms with Gasteiger partial charge in [0.2, 0.25) is 0 Å². The summed E-state index contributed by atoms with van der Waals surface area (Å²) in [5.74, 6) is -0.751. The van der Waals surface area contributed by atoms with Crippen LogP contribution in [0.4, 0.5) is 5.13 Å². The van der Waals surface area contributed by atoms with Crippen LogP contribution in [0.25, 0.3) is 16.0 Å². The zero-order valence-electron chi connectivity index (χ0n) is 19.0. The maximum atomic E-state index is 13.4. The van der Waals surface area contributed by atoms with Crippen LogP contribution < -0.4 is 14.4 Å². The number of hydrogen-bond donors (Lipinski definition) is 1. The van der Waals surface area contributed by atoms with Gasteiger partial charge in [-0.1, -0.05) is 40.6 Å². The highest BCUT2D eigenvalue weighted by atomic mass is 35.5. The van der Waals surface area contributed by atoms with Crippen LogP contribution in [-0.2, 0) is 9.59 Å². The lowest BCUT2D eigenvalue weighted by molar-refractivity contribution is -0.132. The molecule has 1 aromatic heterocycles. The minimum Gasteiger partial charge on any atom is -0.507 e. The van der Waals surface area contributed by atoms with Gasteiger partial charge >= 0.3 is 5.91 Å². The molecule has 2 heterocycles. The monoisotopic (exact) mass is 540 g/mol. The predicted molar refractivity (Wildman–Crippen MR) is 140 cm³/mol. The second kappa shape index (κ2) is 9.46. The number of carbonyl (C=O) groups excluding carboxylic acids is 2. The van der Waals surface area contributed by atoms with Gasteiger partial charge in [-0.3, -0.25) is 14.5 Å². The summed E-state index contributed by atoms with van der Waals surface area (Å²) in [5.41, 5.74) is 1.41. The number of ether oxygens (including phenoxy) is 2. The first-order valence-electron chi connectivity index (χ1n) is 10.7. The standard InChI is InChI=1S/C26H18Cl2N2O5S/c1-34-15-6-3-13(4-7-15)23(31)21-22(14-5-9-17(27)18(28)11-14)30(25(33)24(21)32)26-29-19-10-8-16(35-2)12-20(19)36-26/h3-12,22,31H,1-2H3/b23-21+. The summed E-state index contributed by atoms with van der Waals surface area (Å²) in [6.45, 7) is 0. The fraction of sp³-hybridized carbons (Fsp3) is 0.115. The zero-order chi connectivity index (χ0) is 25.6. The average molecular weight is 541 g/mol. The third-order valence-electron chi connectivity index (χ3n) is 5.86. The maximum Gasteiger partial charge on any atom is 0.301 e. The van der Waals surface area contributed by atoms with E-state index in [0.717, 1.165) is 4.70 Å². The normalized spacial score (nSPS) is 17.1. The summed E-state index contributed by atoms with van der Waals surface area (Å²) in [7, 11) is 3.09. The molecular formula is C26H18Cl2N2O5S. The number of methoxy groups -OCH3 is 2. The molecule has 3 aromatic carbocycles. The van der Waals surface area contributed by atoms with Gasteiger partial charge in [0, 0.05) is 5.56 Å². The van der Waals surface area contributed by atoms with Crippen molar-refractivity contribution in [1.82, 2.24) is 4.98 Å². The Morgan fingerprint density at radius 2 is 1.64 bits per heavy atom. The number of nitrogens with zero attached hydrogens (tertiary/aromatic N) is 2. The Hall–Kier alpha value is -3.59. The second-order valence-electron chi connectivity index (χ2n) is 7.90. The highest BCUT2D eigenvalue weighted by Crippen LogP contribution is 2.45. The Balaban J connectivity index is 1.71. The zero-order valence-corrected chi connectivity index (χ0v) is 21.3. The molecule has 1 aliphatic rings. The van der Waals surface area contributed by atoms with Crippen LogP contribution in [0.3, 0.4) is 0 Å². The van der Waals surface area contributed by atoms with Crippen LogP contribution in [0.5, 0.6) is 11.5 Å². The maximum absolute atomic E-state index is 13.4. The molecule has 1 amide bonds. The number of amides is 1. The number of aromatic nitrogens is 1. The Morgan fingerprint density at radius 1 is 0.944 bits per heavy atom. The summed E-state index contributed by atoms with van der Waals surface area (Å²) in [5, 5.41) is 12.1. The van der Waals surface area contributed by atoms with E-state index in [1.54, 1.807) is 67.8 Å². The molecule has 36 heavy (non-hydrogen) atoms. The van der Waals surface area contributed by atoms with Gasteiger partial charge in [0.05, 0.1) is 46.1 Å². The van der Waals surface area contributed by atoms with E-state index in [0.29, 0.717) is 38.3 Å². The van der Waals surface area contributed by atoms with E-state index in [9.17, 15) is 14.7 Å². The van der Waals surface area contributed by atoms with Crippen molar-refractivity contribution in [3.63, 3.8) is 0 Å². The first-order valence-corrected chi connectivity index (χ1v) is 12.2. The number of rotatable bonds is 5. The number of benzene rings is 3. The van der Waals surface area contributed by atoms with E-state index in [-0.39, 0.29) is 16.4 Å². The lowest BCUT2D eigenvalue weighted by Crippen LogP contribution is -2.29. The van der Waals surface area contributed by atoms with Crippen LogP contribution in [0.1, 0.15) is 17.2 Å². The Labute approximate surface area is 220 Å². The molecule has 0 spiro atoms. The molecule has 7 nitrogen and oxygen atoms in total. The van der Waals surface area contributed by atoms with Crippen molar-refractivity contribution in [2.45, 2.75) is 6.04 Å². The number of ketones is 1. The molecular weight excluding hydrogens is 523 g/mol. The number of aliphatic hydroxyl groups is 1. The van der Waals surface area contributed by atoms with Crippen LogP contribution in [-0.4, -0.2) is 36.0 Å². The van der Waals surface area contributed by atoms with E-state index in [1.807, 2.05) is 0 Å². The van der Waals surface area contributed by atoms with Crippen LogP contribution in [0, 0.1) is 0 Å². The van der Waals surface area contributed by atoms with E-state index >= 15 is 0 Å². The first-order chi connectivity index (χ1) is 17.3. The summed E-state index contributed by atoms with van der Waals surface area (Å²) in [6, 6.07) is 15.7. The molecule has 0 radical (unpaired) electrons. The van der Waals surface area contributed by atoms with Gasteiger partial charge in [0.25, 0.3) is 5.78 Å². The third-order valence-corrected chi connectivity index (χ3v) is 7.61. The number of hydrogen-bond acceptors (Lipinski definition) is 7. The van der Waals surface area contributed by atoms with Gasteiger partial charge in [-0.15, -0.1) is 0 Å². The first kappa shape index (κ1) is 24.1. The number of thiazole rings is 1. The molecule has 1 saturated heterocycles. The van der Waals surface area contributed by atoms with Gasteiger partial charge in [-0.05, 0) is 60.2 Å². The summed E-state index contributed by atoms with van der Waals surface area (Å²) in [6.07, 6.45) is 0. The van der Waals surface area contributed by atoms with Gasteiger partial charge in [-0.25, -0.2) is 4.98 Å². The number of Topliss-reactive ketones (excluding diaryl/α,β-unsaturated/α-hetero) is 1. The number of aliphatic hydroxyl groups excluding tert-OH is 1. The van der Waals surface area contributed by atoms with Gasteiger partial charge in [-0.2, -0.15) is 0 Å². The van der Waals surface area contributed by atoms with Crippen molar-refractivity contribution in [2.75, 3.05) is 19.1 Å². The van der Waals surface area contributed by atoms with Crippen LogP contribution >= 0.6 is 34.5 Å². The van der Waals surface area contributed by atoms with Crippen LogP contribution in [0.15, 0.2) is 66.2 Å². The molecule has 1 aliphatic heterocycles. The molecule has 0 bridgehead atoms. The molecule has 4 aromatic rings. The quantitative estimate of drug-likeness (QED) is 0.183. The fourth-order valence-electron chi connectivity index (χ4n) is 4.05. The topological polar surface area (TPSA) is 89.0 Å². The van der Waals surface area contributed by atoms with Crippen molar-refractivity contribution in [3.8, 4) is 11.5 Å². The van der Waals surface area contributed by atoms with E-state index < -0.39 is 17.7 Å². The smallest absolute Gasteiger partial charge is 0.301 e. The van der Waals surface area contributed by atoms with Crippen molar-refractivity contribution >= 4 is 67.3 Å². The summed E-state index contributed by atoms with van der Waals surface area (Å²) >= 11 is 13.7. The van der Waals surface area contributed by atoms with Crippen LogP contribution in [0.2, 0.25) is 10.0 Å². The largest absolute Gasteiger partial charge is 0.507 e. The number of anilines is 1. The fourth-order valence-corrected chi connectivity index (χ4v) is 5.38. The molecule has 0 saturated carbocycles. The minimum absolute atomic E-state index is 0.0830. The Bertz CT molecular complexity index is 1550. The highest BCUT2D eigenvalue weighted by molar-refractivity contribution is 7.22. The van der Waals surface area contributed by atoms with Crippen molar-refractivity contribution in [1.29, 1.82) is 0 Å². The lowest BCUT2D eigenvalue weighted by atomic mass is 9.95. The Kier molecular flexibility index (Phi) is 6.34. The van der Waals surface area contributed by atoms with Crippen molar-refractivity contribution < 1.29 is 24.2 Å². The molecule has 1 unspecified atom stereocenters. The van der Waals surface area contributed by atoms with Crippen molar-refractivity contribution in [2.24, 2.45) is 0 Å². The van der Waals surface area contributed by atoms with Gasteiger partial charge < -0.3 is 14.6 Å². The molecule has 0 aliphatic carbocycles. The number of halogens is 2. The van der Waals surface area contributed by atoms with Crippen molar-refractivity contribution in [3.05, 3.63) is 87.4 Å². The number of fused-ring (bicyclic) bond motifs is 1. The van der Waals surface area contributed by atoms with Gasteiger partial charge in [0.1, 0.15) is 17.3 Å². The summed E-state index contributed by atoms with van der Waals surface area (Å²) < 4.78 is 11.2. The lowest BCUT2D eigenvalue weighted by Gasteiger charge is -2.23. The molecule has 10 heteroatoms. The average Bonchev–Trinajstić information content (AvgIpc) is 3.42. The molecule has 182 valence electrons. The molecule has 1 N–H and O–H groups in total. The molecule has 5 rings (SSSR count). The summed E-state index contributed by atoms with van der Waals surface area (Å²) in [4.78, 5) is 32.6. The highest BCUT2D eigenvalue weighted by Gasteiger charge is 2.48. The van der Waals surface area contributed by atoms with E-state index in [4.69, 9.17) is 32.7 Å². The predicted octanol–water partition coefficient (Wildman–Crippen LogP) is 6.25. The number of carbonyl (C=O) groups is 2. The SMILES string of the molecule is COc1ccc(/C(O)=C2\C(=O)C(=O)N(c3nc4ccc(OC)cc4s3)C2c2ccc(Cl)c(Cl)c2)cc1. The van der Waals surface area contributed by atoms with E-state index in [1.165, 1.54) is 23.3 Å². The molecule has 1 atom stereocenters. The van der Waals surface area contributed by atoms with Gasteiger partial charge in [0.15, 0.2) is 5.13 Å². The van der Waals surface area contributed by atoms with E-state index in [2.05, 4.69) is 4.98 Å². The third kappa shape index (κ3) is 4.07.